The van der Waals surface area contributed by atoms with Gasteiger partial charge in [-0.1, -0.05) is 52.9 Å². The summed E-state index contributed by atoms with van der Waals surface area (Å²) < 4.78 is 0. The summed E-state index contributed by atoms with van der Waals surface area (Å²) in [4.78, 5) is 0. The number of nitrogens with two attached hydrogens (primary N) is 1. The van der Waals surface area contributed by atoms with Crippen LogP contribution in [0.2, 0.25) is 0 Å². The first-order valence-corrected chi connectivity index (χ1v) is 7.16. The fourth-order valence-electron chi connectivity index (χ4n) is 1.91. The van der Waals surface area contributed by atoms with E-state index in [0.29, 0.717) is 0 Å². The lowest BCUT2D eigenvalue weighted by atomic mass is 10.1. The Labute approximate surface area is 103 Å². The van der Waals surface area contributed by atoms with E-state index in [1.807, 2.05) is 5.01 Å². The zero-order chi connectivity index (χ0) is 12.2. The molecule has 0 aromatic heterocycles. The topological polar surface area (TPSA) is 29.3 Å². The Morgan fingerprint density at radius 2 is 1.44 bits per heavy atom. The Morgan fingerprint density at radius 1 is 0.875 bits per heavy atom. The zero-order valence-corrected chi connectivity index (χ0v) is 11.7. The summed E-state index contributed by atoms with van der Waals surface area (Å²) in [5.41, 5.74) is 0. The molecule has 2 heteroatoms. The van der Waals surface area contributed by atoms with E-state index < -0.39 is 0 Å². The van der Waals surface area contributed by atoms with Crippen LogP contribution < -0.4 is 5.84 Å². The van der Waals surface area contributed by atoms with Crippen LogP contribution in [0.15, 0.2) is 0 Å². The molecule has 0 spiro atoms. The van der Waals surface area contributed by atoms with Gasteiger partial charge in [0.15, 0.2) is 0 Å². The van der Waals surface area contributed by atoms with Crippen molar-refractivity contribution in [3.8, 4) is 0 Å². The van der Waals surface area contributed by atoms with E-state index in [4.69, 9.17) is 5.84 Å². The lowest BCUT2D eigenvalue weighted by Gasteiger charge is -2.16. The SMILES string of the molecule is CCCCCCCCN(N)CCCC(C)C. The standard InChI is InChI=1S/C14H32N2/c1-4-5-6-7-8-9-12-16(15)13-10-11-14(2)3/h14H,4-13,15H2,1-3H3. The van der Waals surface area contributed by atoms with Crippen molar-refractivity contribution in [2.24, 2.45) is 11.8 Å². The van der Waals surface area contributed by atoms with Crippen molar-refractivity contribution < 1.29 is 0 Å². The van der Waals surface area contributed by atoms with Crippen molar-refractivity contribution in [1.82, 2.24) is 5.01 Å². The van der Waals surface area contributed by atoms with Gasteiger partial charge < -0.3 is 0 Å². The molecule has 0 aliphatic carbocycles. The van der Waals surface area contributed by atoms with Crippen LogP contribution in [-0.2, 0) is 0 Å². The van der Waals surface area contributed by atoms with Gasteiger partial charge in [-0.05, 0) is 25.2 Å². The number of rotatable bonds is 11. The summed E-state index contributed by atoms with van der Waals surface area (Å²) in [5.74, 6) is 6.74. The third kappa shape index (κ3) is 12.0. The summed E-state index contributed by atoms with van der Waals surface area (Å²) >= 11 is 0. The van der Waals surface area contributed by atoms with Crippen LogP contribution in [0.5, 0.6) is 0 Å². The quantitative estimate of drug-likeness (QED) is 0.329. The highest BCUT2D eigenvalue weighted by Gasteiger charge is 2.00. The van der Waals surface area contributed by atoms with Crippen molar-refractivity contribution in [1.29, 1.82) is 0 Å². The molecule has 0 fully saturated rings. The van der Waals surface area contributed by atoms with E-state index in [0.717, 1.165) is 19.0 Å². The zero-order valence-electron chi connectivity index (χ0n) is 11.7. The van der Waals surface area contributed by atoms with Gasteiger partial charge in [-0.15, -0.1) is 0 Å². The number of nitrogens with zero attached hydrogens (tertiary/aromatic N) is 1. The molecule has 0 saturated heterocycles. The molecule has 0 unspecified atom stereocenters. The molecule has 0 bridgehead atoms. The first-order chi connectivity index (χ1) is 7.66. The molecule has 0 aromatic carbocycles. The Morgan fingerprint density at radius 3 is 2.06 bits per heavy atom. The van der Waals surface area contributed by atoms with Gasteiger partial charge in [-0.3, -0.25) is 5.84 Å². The van der Waals surface area contributed by atoms with Gasteiger partial charge in [0.25, 0.3) is 0 Å². The van der Waals surface area contributed by atoms with Crippen LogP contribution in [0.1, 0.15) is 72.1 Å². The fourth-order valence-corrected chi connectivity index (χ4v) is 1.91. The highest BCUT2D eigenvalue weighted by atomic mass is 15.4. The van der Waals surface area contributed by atoms with Crippen molar-refractivity contribution in [2.45, 2.75) is 72.1 Å². The molecule has 98 valence electrons. The van der Waals surface area contributed by atoms with E-state index in [1.165, 1.54) is 51.4 Å². The average molecular weight is 228 g/mol. The maximum Gasteiger partial charge on any atom is 0.0128 e. The number of hydrazine groups is 1. The minimum absolute atomic E-state index is 0.808. The van der Waals surface area contributed by atoms with Crippen LogP contribution in [0, 0.1) is 5.92 Å². The third-order valence-corrected chi connectivity index (χ3v) is 3.03. The van der Waals surface area contributed by atoms with Gasteiger partial charge in [0.2, 0.25) is 0 Å². The maximum absolute atomic E-state index is 5.93. The smallest absolute Gasteiger partial charge is 0.0128 e. The van der Waals surface area contributed by atoms with Gasteiger partial charge in [0, 0.05) is 13.1 Å². The number of hydrogen-bond donors (Lipinski definition) is 1. The molecular weight excluding hydrogens is 196 g/mol. The predicted molar refractivity (Wildman–Crippen MR) is 73.2 cm³/mol. The molecule has 0 atom stereocenters. The summed E-state index contributed by atoms with van der Waals surface area (Å²) in [6.07, 6.45) is 10.6. The average Bonchev–Trinajstić information content (AvgIpc) is 2.22. The fraction of sp³-hybridized carbons (Fsp3) is 1.00. The van der Waals surface area contributed by atoms with E-state index in [2.05, 4.69) is 20.8 Å². The first kappa shape index (κ1) is 15.9. The molecule has 0 rings (SSSR count). The largest absolute Gasteiger partial charge is 0.269 e. The normalized spacial score (nSPS) is 11.6. The second kappa shape index (κ2) is 11.4. The monoisotopic (exact) mass is 228 g/mol. The van der Waals surface area contributed by atoms with Crippen LogP contribution in [-0.4, -0.2) is 18.1 Å². The Kier molecular flexibility index (Phi) is 11.3. The molecule has 16 heavy (non-hydrogen) atoms. The summed E-state index contributed by atoms with van der Waals surface area (Å²) in [5, 5.41) is 2.00. The first-order valence-electron chi connectivity index (χ1n) is 7.16. The molecular formula is C14H32N2. The molecule has 0 aliphatic heterocycles. The minimum atomic E-state index is 0.808. The Hall–Kier alpha value is -0.0800. The number of unbranched alkanes of at least 4 members (excludes halogenated alkanes) is 5. The highest BCUT2D eigenvalue weighted by Crippen LogP contribution is 2.06. The van der Waals surface area contributed by atoms with Crippen molar-refractivity contribution in [2.75, 3.05) is 13.1 Å². The molecule has 0 radical (unpaired) electrons. The molecule has 0 heterocycles. The predicted octanol–water partition coefficient (Wildman–Crippen LogP) is 3.96. The van der Waals surface area contributed by atoms with Crippen molar-refractivity contribution in [3.63, 3.8) is 0 Å². The van der Waals surface area contributed by atoms with Crippen LogP contribution >= 0.6 is 0 Å². The molecule has 0 aliphatic rings. The van der Waals surface area contributed by atoms with Crippen molar-refractivity contribution >= 4 is 0 Å². The van der Waals surface area contributed by atoms with E-state index in [9.17, 15) is 0 Å². The third-order valence-electron chi connectivity index (χ3n) is 3.03. The molecule has 0 amide bonds. The summed E-state index contributed by atoms with van der Waals surface area (Å²) in [6, 6.07) is 0. The van der Waals surface area contributed by atoms with Crippen LogP contribution in [0.4, 0.5) is 0 Å². The summed E-state index contributed by atoms with van der Waals surface area (Å²) in [6.45, 7) is 8.94. The van der Waals surface area contributed by atoms with Gasteiger partial charge in [0.1, 0.15) is 0 Å². The van der Waals surface area contributed by atoms with Gasteiger partial charge >= 0.3 is 0 Å². The molecule has 2 nitrogen and oxygen atoms in total. The number of hydrogen-bond acceptors (Lipinski definition) is 2. The minimum Gasteiger partial charge on any atom is -0.269 e. The van der Waals surface area contributed by atoms with Crippen LogP contribution in [0.3, 0.4) is 0 Å². The molecule has 0 saturated carbocycles. The van der Waals surface area contributed by atoms with Gasteiger partial charge in [0.05, 0.1) is 0 Å². The lowest BCUT2D eigenvalue weighted by molar-refractivity contribution is 0.264. The second-order valence-corrected chi connectivity index (χ2v) is 5.34. The van der Waals surface area contributed by atoms with Crippen LogP contribution in [0.25, 0.3) is 0 Å². The van der Waals surface area contributed by atoms with E-state index in [1.54, 1.807) is 0 Å². The van der Waals surface area contributed by atoms with Crippen molar-refractivity contribution in [3.05, 3.63) is 0 Å². The van der Waals surface area contributed by atoms with E-state index in [-0.39, 0.29) is 0 Å². The lowest BCUT2D eigenvalue weighted by Crippen LogP contribution is -2.33. The highest BCUT2D eigenvalue weighted by molar-refractivity contribution is 4.53. The second-order valence-electron chi connectivity index (χ2n) is 5.34. The maximum atomic E-state index is 5.93. The molecule has 0 aromatic rings. The molecule has 2 N–H and O–H groups in total. The summed E-state index contributed by atoms with van der Waals surface area (Å²) in [7, 11) is 0. The van der Waals surface area contributed by atoms with E-state index >= 15 is 0 Å². The Balaban J connectivity index is 3.14. The Bertz CT molecular complexity index is 135. The van der Waals surface area contributed by atoms with Gasteiger partial charge in [-0.25, -0.2) is 5.01 Å². The van der Waals surface area contributed by atoms with Gasteiger partial charge in [-0.2, -0.15) is 0 Å².